The van der Waals surface area contributed by atoms with Gasteiger partial charge in [0.15, 0.2) is 0 Å². The van der Waals surface area contributed by atoms with Gasteiger partial charge >= 0.3 is 0 Å². The number of nitrogens with zero attached hydrogens (tertiary/aromatic N) is 2. The molecule has 0 saturated carbocycles. The number of nitrogens with two attached hydrogens (primary N) is 1. The van der Waals surface area contributed by atoms with Gasteiger partial charge in [-0.1, -0.05) is 12.1 Å². The van der Waals surface area contributed by atoms with Crippen LogP contribution in [0.25, 0.3) is 11.0 Å². The molecule has 0 radical (unpaired) electrons. The third-order valence-corrected chi connectivity index (χ3v) is 4.59. The molecule has 1 atom stereocenters. The average Bonchev–Trinajstić information content (AvgIpc) is 3.05. The van der Waals surface area contributed by atoms with Gasteiger partial charge in [0.05, 0.1) is 17.3 Å². The van der Waals surface area contributed by atoms with Crippen molar-refractivity contribution in [3.63, 3.8) is 0 Å². The third kappa shape index (κ3) is 2.80. The molecule has 0 bridgehead atoms. The summed E-state index contributed by atoms with van der Waals surface area (Å²) in [4.78, 5) is 40.7. The molecule has 0 spiro atoms. The molecule has 0 aliphatic carbocycles. The number of carbonyl (C=O) groups excluding carboxylic acids is 3. The summed E-state index contributed by atoms with van der Waals surface area (Å²) < 4.78 is 1.84. The van der Waals surface area contributed by atoms with E-state index in [2.05, 4.69) is 15.6 Å². The second kappa shape index (κ2) is 6.24. The molecule has 8 heteroatoms. The Morgan fingerprint density at radius 1 is 1.26 bits per heavy atom. The standard InChI is InChI=1S/C19H17N5O3/c1-10-9-21-19(27)15-8-11-6-7-14(22-17(11)24(10)15)18(26)23-13-5-3-2-4-12(13)16(20)25/h2-8,10H,9H2,1H3,(H2,20,25)(H,21,27)(H,23,26)/t10-/m1/s1. The number of amides is 3. The summed E-state index contributed by atoms with van der Waals surface area (Å²) in [5, 5.41) is 6.28. The first-order valence-corrected chi connectivity index (χ1v) is 8.46. The number of hydrogen-bond acceptors (Lipinski definition) is 4. The van der Waals surface area contributed by atoms with Gasteiger partial charge in [-0.2, -0.15) is 0 Å². The Balaban J connectivity index is 1.73. The molecular weight excluding hydrogens is 346 g/mol. The number of pyridine rings is 1. The molecule has 1 aliphatic rings. The van der Waals surface area contributed by atoms with Crippen molar-refractivity contribution in [1.29, 1.82) is 0 Å². The molecule has 1 aliphatic heterocycles. The van der Waals surface area contributed by atoms with Crippen molar-refractivity contribution in [3.05, 3.63) is 59.4 Å². The fourth-order valence-electron chi connectivity index (χ4n) is 3.26. The summed E-state index contributed by atoms with van der Waals surface area (Å²) in [6.07, 6.45) is 0. The summed E-state index contributed by atoms with van der Waals surface area (Å²) >= 11 is 0. The van der Waals surface area contributed by atoms with Crippen molar-refractivity contribution in [2.24, 2.45) is 5.73 Å². The Morgan fingerprint density at radius 3 is 2.81 bits per heavy atom. The van der Waals surface area contributed by atoms with Crippen molar-refractivity contribution in [2.75, 3.05) is 11.9 Å². The highest BCUT2D eigenvalue weighted by atomic mass is 16.2. The average molecular weight is 363 g/mol. The van der Waals surface area contributed by atoms with Crippen molar-refractivity contribution in [2.45, 2.75) is 13.0 Å². The van der Waals surface area contributed by atoms with Crippen LogP contribution >= 0.6 is 0 Å². The lowest BCUT2D eigenvalue weighted by Crippen LogP contribution is -2.37. The molecule has 0 unspecified atom stereocenters. The van der Waals surface area contributed by atoms with Crippen LogP contribution in [-0.2, 0) is 0 Å². The molecule has 4 N–H and O–H groups in total. The normalized spacial score (nSPS) is 15.9. The van der Waals surface area contributed by atoms with Gasteiger partial charge in [0.25, 0.3) is 17.7 Å². The van der Waals surface area contributed by atoms with Crippen LogP contribution in [-0.4, -0.2) is 33.8 Å². The zero-order valence-corrected chi connectivity index (χ0v) is 14.5. The number of fused-ring (bicyclic) bond motifs is 3. The van der Waals surface area contributed by atoms with E-state index < -0.39 is 11.8 Å². The molecule has 2 aromatic heterocycles. The Labute approximate surface area is 154 Å². The molecular formula is C19H17N5O3. The second-order valence-electron chi connectivity index (χ2n) is 6.43. The number of para-hydroxylation sites is 1. The van der Waals surface area contributed by atoms with Gasteiger partial charge in [0.1, 0.15) is 17.0 Å². The highest BCUT2D eigenvalue weighted by molar-refractivity contribution is 6.08. The van der Waals surface area contributed by atoms with E-state index in [4.69, 9.17) is 5.73 Å². The van der Waals surface area contributed by atoms with Crippen LogP contribution in [0.3, 0.4) is 0 Å². The van der Waals surface area contributed by atoms with E-state index in [-0.39, 0.29) is 23.2 Å². The van der Waals surface area contributed by atoms with Gasteiger partial charge < -0.3 is 20.9 Å². The number of hydrogen-bond donors (Lipinski definition) is 3. The van der Waals surface area contributed by atoms with E-state index in [9.17, 15) is 14.4 Å². The van der Waals surface area contributed by atoms with Crippen molar-refractivity contribution >= 4 is 34.4 Å². The molecule has 0 fully saturated rings. The van der Waals surface area contributed by atoms with Crippen LogP contribution in [0, 0.1) is 0 Å². The fourth-order valence-corrected chi connectivity index (χ4v) is 3.26. The largest absolute Gasteiger partial charge is 0.366 e. The molecule has 27 heavy (non-hydrogen) atoms. The molecule has 0 saturated heterocycles. The third-order valence-electron chi connectivity index (χ3n) is 4.59. The minimum absolute atomic E-state index is 0.0246. The monoisotopic (exact) mass is 363 g/mol. The number of primary amides is 1. The predicted octanol–water partition coefficient (Wildman–Crippen LogP) is 1.69. The number of carbonyl (C=O) groups is 3. The molecule has 136 valence electrons. The lowest BCUT2D eigenvalue weighted by Gasteiger charge is -2.23. The lowest BCUT2D eigenvalue weighted by atomic mass is 10.1. The van der Waals surface area contributed by atoms with E-state index in [1.54, 1.807) is 36.4 Å². The Kier molecular flexibility index (Phi) is 3.88. The first kappa shape index (κ1) is 16.8. The topological polar surface area (TPSA) is 119 Å². The van der Waals surface area contributed by atoms with E-state index >= 15 is 0 Å². The Hall–Kier alpha value is -3.68. The summed E-state index contributed by atoms with van der Waals surface area (Å²) in [6, 6.07) is 11.6. The summed E-state index contributed by atoms with van der Waals surface area (Å²) in [7, 11) is 0. The van der Waals surface area contributed by atoms with Crippen LogP contribution in [0.1, 0.15) is 44.3 Å². The second-order valence-corrected chi connectivity index (χ2v) is 6.43. The fraction of sp³-hybridized carbons (Fsp3) is 0.158. The molecule has 3 aromatic rings. The van der Waals surface area contributed by atoms with Gasteiger partial charge in [0, 0.05) is 11.9 Å². The molecule has 3 heterocycles. The maximum Gasteiger partial charge on any atom is 0.274 e. The molecule has 1 aromatic carbocycles. The highest BCUT2D eigenvalue weighted by Crippen LogP contribution is 2.26. The lowest BCUT2D eigenvalue weighted by molar-refractivity contribution is 0.0918. The van der Waals surface area contributed by atoms with Crippen LogP contribution in [0.2, 0.25) is 0 Å². The number of anilines is 1. The number of benzene rings is 1. The van der Waals surface area contributed by atoms with Gasteiger partial charge in [-0.3, -0.25) is 14.4 Å². The minimum Gasteiger partial charge on any atom is -0.366 e. The van der Waals surface area contributed by atoms with Crippen LogP contribution < -0.4 is 16.4 Å². The predicted molar refractivity (Wildman–Crippen MR) is 99.7 cm³/mol. The van der Waals surface area contributed by atoms with Crippen molar-refractivity contribution in [1.82, 2.24) is 14.9 Å². The Bertz CT molecular complexity index is 1100. The maximum atomic E-state index is 12.7. The number of nitrogens with one attached hydrogen (secondary N) is 2. The molecule has 4 rings (SSSR count). The van der Waals surface area contributed by atoms with E-state index in [0.717, 1.165) is 5.39 Å². The molecule has 8 nitrogen and oxygen atoms in total. The van der Waals surface area contributed by atoms with Gasteiger partial charge in [-0.05, 0) is 37.3 Å². The van der Waals surface area contributed by atoms with Gasteiger partial charge in [-0.15, -0.1) is 0 Å². The maximum absolute atomic E-state index is 12.7. The summed E-state index contributed by atoms with van der Waals surface area (Å²) in [6.45, 7) is 2.47. The smallest absolute Gasteiger partial charge is 0.274 e. The molecule has 3 amide bonds. The van der Waals surface area contributed by atoms with Gasteiger partial charge in [-0.25, -0.2) is 4.98 Å². The minimum atomic E-state index is -0.630. The zero-order chi connectivity index (χ0) is 19.1. The van der Waals surface area contributed by atoms with Gasteiger partial charge in [0.2, 0.25) is 0 Å². The Morgan fingerprint density at radius 2 is 2.04 bits per heavy atom. The zero-order valence-electron chi connectivity index (χ0n) is 14.5. The van der Waals surface area contributed by atoms with Crippen LogP contribution in [0.4, 0.5) is 5.69 Å². The SMILES string of the molecule is C[C@@H]1CNC(=O)c2cc3ccc(C(=O)Nc4ccccc4C(N)=O)nc3n21. The van der Waals surface area contributed by atoms with Crippen molar-refractivity contribution < 1.29 is 14.4 Å². The van der Waals surface area contributed by atoms with E-state index in [0.29, 0.717) is 23.6 Å². The first-order chi connectivity index (χ1) is 13.0. The summed E-state index contributed by atoms with van der Waals surface area (Å²) in [5.41, 5.74) is 7.16. The quantitative estimate of drug-likeness (QED) is 0.656. The first-order valence-electron chi connectivity index (χ1n) is 8.46. The highest BCUT2D eigenvalue weighted by Gasteiger charge is 2.25. The number of aromatic nitrogens is 2. The van der Waals surface area contributed by atoms with E-state index in [1.165, 1.54) is 6.07 Å². The number of rotatable bonds is 3. The van der Waals surface area contributed by atoms with Crippen molar-refractivity contribution in [3.8, 4) is 0 Å². The van der Waals surface area contributed by atoms with Crippen LogP contribution in [0.15, 0.2) is 42.5 Å². The van der Waals surface area contributed by atoms with Crippen LogP contribution in [0.5, 0.6) is 0 Å². The summed E-state index contributed by atoms with van der Waals surface area (Å²) in [5.74, 6) is -1.25. The van der Waals surface area contributed by atoms with E-state index in [1.807, 2.05) is 11.5 Å².